The van der Waals surface area contributed by atoms with E-state index in [0.29, 0.717) is 29.2 Å². The summed E-state index contributed by atoms with van der Waals surface area (Å²) in [7, 11) is 1.73. The molecule has 9 heteroatoms. The highest BCUT2D eigenvalue weighted by atomic mass is 35.5. The van der Waals surface area contributed by atoms with Crippen LogP contribution in [0.5, 0.6) is 0 Å². The second-order valence-corrected chi connectivity index (χ2v) is 6.81. The maximum absolute atomic E-state index is 5.90. The first-order valence-corrected chi connectivity index (χ1v) is 9.47. The molecule has 2 heterocycles. The smallest absolute Gasteiger partial charge is 0.246 e. The van der Waals surface area contributed by atoms with Gasteiger partial charge in [-0.3, -0.25) is 9.67 Å². The van der Waals surface area contributed by atoms with E-state index in [1.165, 1.54) is 5.69 Å². The number of aromatic nitrogens is 4. The Hall–Kier alpha value is -2.87. The summed E-state index contributed by atoms with van der Waals surface area (Å²) in [4.78, 5) is 8.60. The number of rotatable bonds is 7. The van der Waals surface area contributed by atoms with E-state index in [2.05, 4.69) is 43.9 Å². The van der Waals surface area contributed by atoms with Gasteiger partial charge in [-0.2, -0.15) is 10.1 Å². The van der Waals surface area contributed by atoms with Crippen LogP contribution >= 0.6 is 11.6 Å². The highest BCUT2D eigenvalue weighted by molar-refractivity contribution is 6.30. The molecule has 0 spiro atoms. The van der Waals surface area contributed by atoms with Gasteiger partial charge >= 0.3 is 0 Å². The van der Waals surface area contributed by atoms with Crippen LogP contribution in [0.4, 0.5) is 0 Å². The molecule has 0 saturated carbocycles. The van der Waals surface area contributed by atoms with Crippen LogP contribution in [0.1, 0.15) is 23.7 Å². The number of benzene rings is 1. The molecule has 0 unspecified atom stereocenters. The van der Waals surface area contributed by atoms with Crippen LogP contribution < -0.4 is 10.6 Å². The molecule has 0 aliphatic rings. The summed E-state index contributed by atoms with van der Waals surface area (Å²) in [5.41, 5.74) is 3.07. The van der Waals surface area contributed by atoms with Crippen molar-refractivity contribution in [3.63, 3.8) is 0 Å². The number of aryl methyl sites for hydroxylation is 3. The Bertz CT molecular complexity index is 930. The van der Waals surface area contributed by atoms with Crippen LogP contribution in [0.3, 0.4) is 0 Å². The molecule has 0 amide bonds. The quantitative estimate of drug-likeness (QED) is 0.359. The monoisotopic (exact) mass is 401 g/mol. The van der Waals surface area contributed by atoms with Gasteiger partial charge in [0, 0.05) is 36.4 Å². The van der Waals surface area contributed by atoms with Crippen LogP contribution in [0.25, 0.3) is 11.4 Å². The molecule has 0 radical (unpaired) electrons. The summed E-state index contributed by atoms with van der Waals surface area (Å²) >= 11 is 5.90. The minimum absolute atomic E-state index is 0.387. The van der Waals surface area contributed by atoms with Gasteiger partial charge in [0.05, 0.1) is 12.2 Å². The molecule has 0 atom stereocenters. The topological polar surface area (TPSA) is 93.2 Å². The van der Waals surface area contributed by atoms with Gasteiger partial charge in [-0.05, 0) is 50.6 Å². The lowest BCUT2D eigenvalue weighted by atomic mass is 10.2. The lowest BCUT2D eigenvalue weighted by Gasteiger charge is -2.10. The summed E-state index contributed by atoms with van der Waals surface area (Å²) in [5.74, 6) is 1.69. The maximum Gasteiger partial charge on any atom is 0.246 e. The lowest BCUT2D eigenvalue weighted by Crippen LogP contribution is -2.37. The molecule has 2 aromatic heterocycles. The third-order valence-corrected chi connectivity index (χ3v) is 4.40. The van der Waals surface area contributed by atoms with E-state index >= 15 is 0 Å². The molecule has 1 aromatic carbocycles. The van der Waals surface area contributed by atoms with E-state index in [1.807, 2.05) is 23.7 Å². The van der Waals surface area contributed by atoms with Gasteiger partial charge in [0.25, 0.3) is 0 Å². The van der Waals surface area contributed by atoms with Crippen molar-refractivity contribution in [1.82, 2.24) is 30.6 Å². The molecule has 2 N–H and O–H groups in total. The predicted octanol–water partition coefficient (Wildman–Crippen LogP) is 2.96. The normalized spacial score (nSPS) is 11.6. The summed E-state index contributed by atoms with van der Waals surface area (Å²) in [6, 6.07) is 9.38. The van der Waals surface area contributed by atoms with Crippen LogP contribution in [-0.2, 0) is 13.1 Å². The van der Waals surface area contributed by atoms with Gasteiger partial charge in [-0.1, -0.05) is 16.8 Å². The molecule has 28 heavy (non-hydrogen) atoms. The van der Waals surface area contributed by atoms with E-state index in [4.69, 9.17) is 16.1 Å². The van der Waals surface area contributed by atoms with Crippen molar-refractivity contribution in [2.45, 2.75) is 33.4 Å². The Labute approximate surface area is 169 Å². The standard InChI is InChI=1S/C19H24ClN7O/c1-13-11-14(2)27(25-13)10-4-9-22-19(21-3)23-12-17-24-18(26-28-17)15-5-7-16(20)8-6-15/h5-8,11H,4,9-10,12H2,1-3H3,(H2,21,22,23). The SMILES string of the molecule is CN=C(NCCCn1nc(C)cc1C)NCc1nc(-c2ccc(Cl)cc2)no1. The van der Waals surface area contributed by atoms with Gasteiger partial charge in [-0.15, -0.1) is 0 Å². The largest absolute Gasteiger partial charge is 0.356 e. The molecule has 0 fully saturated rings. The highest BCUT2D eigenvalue weighted by Crippen LogP contribution is 2.18. The fourth-order valence-electron chi connectivity index (χ4n) is 2.76. The zero-order valence-electron chi connectivity index (χ0n) is 16.2. The molecular weight excluding hydrogens is 378 g/mol. The molecule has 3 aromatic rings. The van der Waals surface area contributed by atoms with Gasteiger partial charge in [0.1, 0.15) is 0 Å². The van der Waals surface area contributed by atoms with E-state index in [-0.39, 0.29) is 0 Å². The predicted molar refractivity (Wildman–Crippen MR) is 109 cm³/mol. The Morgan fingerprint density at radius 3 is 2.68 bits per heavy atom. The zero-order chi connectivity index (χ0) is 19.9. The third-order valence-electron chi connectivity index (χ3n) is 4.14. The minimum atomic E-state index is 0.387. The van der Waals surface area contributed by atoms with Crippen molar-refractivity contribution in [3.8, 4) is 11.4 Å². The molecule has 0 bridgehead atoms. The third kappa shape index (κ3) is 5.32. The van der Waals surface area contributed by atoms with E-state index in [9.17, 15) is 0 Å². The van der Waals surface area contributed by atoms with Gasteiger partial charge in [0.15, 0.2) is 5.96 Å². The number of halogens is 1. The second-order valence-electron chi connectivity index (χ2n) is 6.37. The Kier molecular flexibility index (Phi) is 6.65. The number of nitrogens with one attached hydrogen (secondary N) is 2. The average Bonchev–Trinajstić information content (AvgIpc) is 3.28. The number of aliphatic imine (C=N–C) groups is 1. The lowest BCUT2D eigenvalue weighted by molar-refractivity contribution is 0.375. The Morgan fingerprint density at radius 1 is 1.21 bits per heavy atom. The van der Waals surface area contributed by atoms with Crippen LogP contribution in [0.15, 0.2) is 39.8 Å². The minimum Gasteiger partial charge on any atom is -0.356 e. The van der Waals surface area contributed by atoms with Gasteiger partial charge < -0.3 is 15.2 Å². The Balaban J connectivity index is 1.44. The number of hydrogen-bond acceptors (Lipinski definition) is 5. The Morgan fingerprint density at radius 2 is 2.00 bits per heavy atom. The summed E-state index contributed by atoms with van der Waals surface area (Å²) < 4.78 is 7.31. The first-order chi connectivity index (χ1) is 13.5. The zero-order valence-corrected chi connectivity index (χ0v) is 17.0. The second kappa shape index (κ2) is 9.36. The summed E-state index contributed by atoms with van der Waals surface area (Å²) in [6.07, 6.45) is 0.934. The van der Waals surface area contributed by atoms with E-state index in [0.717, 1.165) is 30.8 Å². The first-order valence-electron chi connectivity index (χ1n) is 9.09. The van der Waals surface area contributed by atoms with E-state index in [1.54, 1.807) is 19.2 Å². The van der Waals surface area contributed by atoms with Crippen molar-refractivity contribution in [2.75, 3.05) is 13.6 Å². The maximum atomic E-state index is 5.90. The van der Waals surface area contributed by atoms with Gasteiger partial charge in [-0.25, -0.2) is 0 Å². The number of guanidine groups is 1. The molecule has 8 nitrogen and oxygen atoms in total. The molecule has 0 aliphatic carbocycles. The first kappa shape index (κ1) is 19.9. The molecule has 0 saturated heterocycles. The van der Waals surface area contributed by atoms with Crippen molar-refractivity contribution in [1.29, 1.82) is 0 Å². The van der Waals surface area contributed by atoms with E-state index < -0.39 is 0 Å². The van der Waals surface area contributed by atoms with Crippen LogP contribution in [0.2, 0.25) is 5.02 Å². The molecule has 148 valence electrons. The van der Waals surface area contributed by atoms with Crippen LogP contribution in [-0.4, -0.2) is 39.5 Å². The number of nitrogens with zero attached hydrogens (tertiary/aromatic N) is 5. The van der Waals surface area contributed by atoms with Crippen molar-refractivity contribution in [3.05, 3.63) is 52.6 Å². The molecule has 3 rings (SSSR count). The fourth-order valence-corrected chi connectivity index (χ4v) is 2.89. The highest BCUT2D eigenvalue weighted by Gasteiger charge is 2.09. The summed E-state index contributed by atoms with van der Waals surface area (Å²) in [6.45, 7) is 6.09. The van der Waals surface area contributed by atoms with Gasteiger partial charge in [0.2, 0.25) is 11.7 Å². The fraction of sp³-hybridized carbons (Fsp3) is 0.368. The van der Waals surface area contributed by atoms with Crippen molar-refractivity contribution < 1.29 is 4.52 Å². The van der Waals surface area contributed by atoms with Crippen LogP contribution in [0, 0.1) is 13.8 Å². The molecular formula is C19H24ClN7O. The van der Waals surface area contributed by atoms with Crippen molar-refractivity contribution in [2.24, 2.45) is 4.99 Å². The average molecular weight is 402 g/mol. The van der Waals surface area contributed by atoms with Crippen molar-refractivity contribution >= 4 is 17.6 Å². The summed E-state index contributed by atoms with van der Waals surface area (Å²) in [5, 5.41) is 15.6. The number of hydrogen-bond donors (Lipinski definition) is 2. The molecule has 0 aliphatic heterocycles.